The monoisotopic (exact) mass is 810 g/mol. The molecule has 0 saturated heterocycles. The normalized spacial score (nSPS) is 13.9. The summed E-state index contributed by atoms with van der Waals surface area (Å²) in [6.45, 7) is 16.3. The molecule has 0 radical (unpaired) electrons. The molecular formula is C37H67N11O9. The molecule has 0 heterocycles. The summed E-state index contributed by atoms with van der Waals surface area (Å²) in [5.41, 5.74) is 5.89. The van der Waals surface area contributed by atoms with Crippen LogP contribution in [0.1, 0.15) is 81.6 Å². The molecule has 5 atom stereocenters. The van der Waals surface area contributed by atoms with Crippen LogP contribution in [0.4, 0.5) is 19.2 Å². The van der Waals surface area contributed by atoms with Gasteiger partial charge in [0.05, 0.1) is 24.4 Å². The number of amides is 12. The maximum atomic E-state index is 14.0. The van der Waals surface area contributed by atoms with Crippen LogP contribution in [0.25, 0.3) is 0 Å². The largest absolute Gasteiger partial charge is 0.338 e. The number of carbonyl (C=O) groups excluding carboxylic acids is 9. The molecule has 0 saturated carbocycles. The van der Waals surface area contributed by atoms with Gasteiger partial charge in [0.25, 0.3) is 5.91 Å². The highest BCUT2D eigenvalue weighted by molar-refractivity contribution is 6.07. The third kappa shape index (κ3) is 16.7. The summed E-state index contributed by atoms with van der Waals surface area (Å²) >= 11 is 0. The van der Waals surface area contributed by atoms with Crippen molar-refractivity contribution in [1.82, 2.24) is 45.3 Å². The van der Waals surface area contributed by atoms with Gasteiger partial charge in [0.15, 0.2) is 0 Å². The Labute approximate surface area is 337 Å². The predicted molar refractivity (Wildman–Crippen MR) is 213 cm³/mol. The van der Waals surface area contributed by atoms with E-state index >= 15 is 0 Å². The fourth-order valence-corrected chi connectivity index (χ4v) is 5.76. The van der Waals surface area contributed by atoms with E-state index in [9.17, 15) is 43.2 Å². The molecule has 20 heteroatoms. The van der Waals surface area contributed by atoms with Crippen LogP contribution in [-0.2, 0) is 24.0 Å². The average molecular weight is 810 g/mol. The van der Waals surface area contributed by atoms with E-state index in [1.165, 1.54) is 25.1 Å². The van der Waals surface area contributed by atoms with Gasteiger partial charge < -0.3 is 20.9 Å². The van der Waals surface area contributed by atoms with Crippen molar-refractivity contribution in [2.45, 2.75) is 112 Å². The first-order chi connectivity index (χ1) is 26.2. The lowest BCUT2D eigenvalue weighted by Crippen LogP contribution is -2.62. The number of isocyanates is 1. The summed E-state index contributed by atoms with van der Waals surface area (Å²) in [7, 11) is 7.68. The van der Waals surface area contributed by atoms with Crippen molar-refractivity contribution in [2.24, 2.45) is 34.4 Å². The van der Waals surface area contributed by atoms with E-state index in [1.807, 2.05) is 65.6 Å². The lowest BCUT2D eigenvalue weighted by atomic mass is 10.00. The van der Waals surface area contributed by atoms with Gasteiger partial charge in [-0.2, -0.15) is 0 Å². The Morgan fingerprint density at radius 1 is 0.684 bits per heavy atom. The quantitative estimate of drug-likeness (QED) is 0.0880. The van der Waals surface area contributed by atoms with E-state index in [2.05, 4.69) is 15.6 Å². The number of urea groups is 4. The maximum Gasteiger partial charge on any atom is 0.335 e. The lowest BCUT2D eigenvalue weighted by molar-refractivity contribution is -0.141. The van der Waals surface area contributed by atoms with E-state index in [0.29, 0.717) is 27.5 Å². The van der Waals surface area contributed by atoms with Crippen LogP contribution < -0.4 is 21.7 Å². The van der Waals surface area contributed by atoms with Gasteiger partial charge in [-0.1, -0.05) is 55.4 Å². The van der Waals surface area contributed by atoms with Gasteiger partial charge >= 0.3 is 24.1 Å². The lowest BCUT2D eigenvalue weighted by Gasteiger charge is -2.41. The number of likely N-dealkylation sites (N-methyl/N-ethyl adjacent to an activating group) is 3. The summed E-state index contributed by atoms with van der Waals surface area (Å²) in [6.07, 6.45) is 1.42. The molecule has 5 N–H and O–H groups in total. The summed E-state index contributed by atoms with van der Waals surface area (Å²) in [5, 5.41) is 8.24. The molecule has 0 aliphatic rings. The number of carbonyl (C=O) groups is 8. The van der Waals surface area contributed by atoms with E-state index in [4.69, 9.17) is 5.73 Å². The van der Waals surface area contributed by atoms with Crippen LogP contribution in [0.2, 0.25) is 0 Å². The molecule has 0 aliphatic carbocycles. The van der Waals surface area contributed by atoms with Gasteiger partial charge in [-0.05, 0) is 56.9 Å². The van der Waals surface area contributed by atoms with Crippen molar-refractivity contribution >= 4 is 53.8 Å². The second-order valence-electron chi connectivity index (χ2n) is 16.0. The van der Waals surface area contributed by atoms with Gasteiger partial charge in [-0.15, -0.1) is 4.99 Å². The first-order valence-corrected chi connectivity index (χ1v) is 19.0. The van der Waals surface area contributed by atoms with Gasteiger partial charge in [0.2, 0.25) is 23.8 Å². The highest BCUT2D eigenvalue weighted by Crippen LogP contribution is 2.18. The van der Waals surface area contributed by atoms with Crippen LogP contribution in [0.3, 0.4) is 0 Å². The topological polar surface area (TPSA) is 248 Å². The predicted octanol–water partition coefficient (Wildman–Crippen LogP) is 1.80. The molecule has 0 rings (SSSR count). The van der Waals surface area contributed by atoms with E-state index in [-0.39, 0.29) is 30.1 Å². The van der Waals surface area contributed by atoms with Crippen molar-refractivity contribution in [3.63, 3.8) is 0 Å². The van der Waals surface area contributed by atoms with Crippen molar-refractivity contribution in [1.29, 1.82) is 0 Å². The molecule has 0 aliphatic heterocycles. The first-order valence-electron chi connectivity index (χ1n) is 19.0. The fourth-order valence-electron chi connectivity index (χ4n) is 5.76. The summed E-state index contributed by atoms with van der Waals surface area (Å²) in [4.78, 5) is 123. The molecule has 0 fully saturated rings. The Balaban J connectivity index is 5.87. The SMILES string of the molecule is CC(C)C[C@H](N)C(=O)N(C)C(=O)N(C)C(=O)N(C)C(=O)NC(=O)N(C)CC(=O)N(C)[C@@H](CC(C)C)C(=O)NC(C(C)C)N(C)[C@@H](CC(C)C)N[C@H](C)C(=O)N=C=O. The number of rotatable bonds is 18. The van der Waals surface area contributed by atoms with Crippen molar-refractivity contribution in [3.8, 4) is 0 Å². The minimum Gasteiger partial charge on any atom is -0.338 e. The highest BCUT2D eigenvalue weighted by Gasteiger charge is 2.36. The second kappa shape index (κ2) is 24.1. The van der Waals surface area contributed by atoms with Crippen molar-refractivity contribution in [3.05, 3.63) is 0 Å². The molecule has 57 heavy (non-hydrogen) atoms. The third-order valence-corrected chi connectivity index (χ3v) is 9.13. The number of hydrogen-bond donors (Lipinski definition) is 4. The Bertz CT molecular complexity index is 1480. The molecular weight excluding hydrogens is 742 g/mol. The van der Waals surface area contributed by atoms with Gasteiger partial charge in [0, 0.05) is 35.2 Å². The highest BCUT2D eigenvalue weighted by atomic mass is 16.2. The Kier molecular flexibility index (Phi) is 22.1. The van der Waals surface area contributed by atoms with Crippen LogP contribution in [0, 0.1) is 23.7 Å². The Morgan fingerprint density at radius 3 is 1.67 bits per heavy atom. The molecule has 12 amide bonds. The molecule has 0 spiro atoms. The van der Waals surface area contributed by atoms with Crippen LogP contribution >= 0.6 is 0 Å². The van der Waals surface area contributed by atoms with Gasteiger partial charge in [-0.3, -0.25) is 39.6 Å². The number of hydrogen-bond acceptors (Lipinski definition) is 12. The molecule has 20 nitrogen and oxygen atoms in total. The third-order valence-electron chi connectivity index (χ3n) is 9.13. The molecule has 0 aromatic heterocycles. The van der Waals surface area contributed by atoms with Crippen molar-refractivity contribution in [2.75, 3.05) is 48.8 Å². The summed E-state index contributed by atoms with van der Waals surface area (Å²) in [6, 6.07) is -7.24. The minimum atomic E-state index is -1.22. The van der Waals surface area contributed by atoms with Crippen molar-refractivity contribution < 1.29 is 43.2 Å². The van der Waals surface area contributed by atoms with E-state index in [0.717, 1.165) is 26.0 Å². The van der Waals surface area contributed by atoms with Gasteiger partial charge in [0.1, 0.15) is 12.6 Å². The number of nitrogens with zero attached hydrogens (tertiary/aromatic N) is 7. The number of nitrogens with two attached hydrogens (primary N) is 1. The van der Waals surface area contributed by atoms with Crippen LogP contribution in [0.5, 0.6) is 0 Å². The van der Waals surface area contributed by atoms with E-state index < -0.39 is 84.8 Å². The zero-order chi connectivity index (χ0) is 44.6. The summed E-state index contributed by atoms with van der Waals surface area (Å²) in [5.74, 6) is -2.40. The zero-order valence-corrected chi connectivity index (χ0v) is 36.4. The smallest absolute Gasteiger partial charge is 0.335 e. The van der Waals surface area contributed by atoms with Crippen LogP contribution in [-0.4, -0.2) is 163 Å². The van der Waals surface area contributed by atoms with Gasteiger partial charge in [-0.25, -0.2) is 33.8 Å². The Morgan fingerprint density at radius 2 is 1.19 bits per heavy atom. The molecule has 324 valence electrons. The average Bonchev–Trinajstić information content (AvgIpc) is 3.12. The maximum absolute atomic E-state index is 14.0. The molecule has 0 bridgehead atoms. The number of nitrogens with one attached hydrogen (secondary N) is 3. The zero-order valence-electron chi connectivity index (χ0n) is 36.4. The molecule has 1 unspecified atom stereocenters. The van der Waals surface area contributed by atoms with E-state index in [1.54, 1.807) is 14.0 Å². The minimum absolute atomic E-state index is 0.0294. The van der Waals surface area contributed by atoms with Crippen LogP contribution in [0.15, 0.2) is 4.99 Å². The first kappa shape index (κ1) is 52.2. The summed E-state index contributed by atoms with van der Waals surface area (Å²) < 4.78 is 0. The Hall–Kier alpha value is -4.78. The standard InChI is InChI=1S/C37H67N11O9/c1-21(2)16-26(38)33(53)46(13)36(56)48(15)37(57)47(14)35(55)42-34(54)43(10)19-29(50)44(11)27(17-22(3)4)32(52)41-30(24(7)8)45(12)28(18-23(5)6)40-25(9)31(51)39-20-49/h21-28,30,40H,16-19,38H2,1-15H3,(H,41,52)(H,42,54,55)/t25-,26+,27+,28+,30?/m1/s1. The molecule has 0 aromatic rings. The fraction of sp³-hybridized carbons (Fsp3) is 0.757. The number of aliphatic imine (C=N–C) groups is 1. The number of imide groups is 4. The molecule has 0 aromatic carbocycles. The second-order valence-corrected chi connectivity index (χ2v) is 16.0.